The third-order valence-electron chi connectivity index (χ3n) is 15.6. The van der Waals surface area contributed by atoms with E-state index in [9.17, 15) is 71.9 Å². The number of hydrogen-bond acceptors (Lipinski definition) is 39. The Morgan fingerprint density at radius 2 is 0.333 bits per heavy atom. The highest BCUT2D eigenvalue weighted by Gasteiger charge is 2.23. The van der Waals surface area contributed by atoms with E-state index in [0.717, 1.165) is 10.7 Å². The predicted octanol–water partition coefficient (Wildman–Crippen LogP) is -4.49. The first-order chi connectivity index (χ1) is 59.6. The number of hydrogen-bond donors (Lipinski definition) is 1. The van der Waals surface area contributed by atoms with Gasteiger partial charge in [0.1, 0.15) is 39.6 Å². The quantitative estimate of drug-likeness (QED) is 0.0241. The second kappa shape index (κ2) is 76.7. The Morgan fingerprint density at radius 3 is 0.488 bits per heavy atom. The number of nitrogens with one attached hydrogen (secondary N) is 1. The van der Waals surface area contributed by atoms with Crippen molar-refractivity contribution in [2.24, 2.45) is 0 Å². The number of aromatic nitrogens is 9. The summed E-state index contributed by atoms with van der Waals surface area (Å²) in [5.74, 6) is -4.73. The predicted molar refractivity (Wildman–Crippen MR) is 436 cm³/mol. The van der Waals surface area contributed by atoms with Crippen LogP contribution in [0.2, 0.25) is 0 Å². The van der Waals surface area contributed by atoms with Crippen LogP contribution in [0.25, 0.3) is 0 Å². The molecular weight excluding hydrogens is 1790 g/mol. The van der Waals surface area contributed by atoms with Gasteiger partial charge in [0.2, 0.25) is 0 Å². The highest BCUT2D eigenvalue weighted by Crippen LogP contribution is 1.99. The molecular formula is C73H123Br2N9O39. The van der Waals surface area contributed by atoms with Gasteiger partial charge in [-0.05, 0) is 0 Å². The molecule has 48 nitrogen and oxygen atoms in total. The molecule has 3 aromatic rings. The SMILES string of the molecule is BrCCBr.COCCOCCOCCOC(=O)CCn1c(=O)[nH]c(=O)n(CCC(=O)OCCOCCOCCOC)c1=O.COCCOCCOCCOC(=O)CCn1c(=O)n(CCC(=O)OCCOCCOCCOC)c(=O)n(CCn2c(=O)n(CCC(=O)OCCOCCOCCOC)c(=O)n(CCC(=O)OCCOCCOCCOC)c2=O)c1=O. The number of nitrogens with zero attached hydrogens (tertiary/aromatic N) is 8. The van der Waals surface area contributed by atoms with E-state index in [1.165, 1.54) is 28.4 Å². The molecule has 0 spiro atoms. The first-order valence-corrected chi connectivity index (χ1v) is 41.6. The largest absolute Gasteiger partial charge is 0.463 e. The number of rotatable bonds is 76. The third kappa shape index (κ3) is 54.7. The minimum Gasteiger partial charge on any atom is -0.463 e. The van der Waals surface area contributed by atoms with Gasteiger partial charge in [-0.1, -0.05) is 31.9 Å². The summed E-state index contributed by atoms with van der Waals surface area (Å²) < 4.78 is 128. The van der Waals surface area contributed by atoms with E-state index < -0.39 is 152 Å². The highest BCUT2D eigenvalue weighted by atomic mass is 79.9. The van der Waals surface area contributed by atoms with Crippen molar-refractivity contribution in [2.75, 3.05) is 291 Å². The van der Waals surface area contributed by atoms with Crippen LogP contribution in [0.3, 0.4) is 0 Å². The lowest BCUT2D eigenvalue weighted by Gasteiger charge is -2.16. The molecule has 3 heterocycles. The summed E-state index contributed by atoms with van der Waals surface area (Å²) in [6, 6.07) is 0. The molecule has 708 valence electrons. The van der Waals surface area contributed by atoms with Crippen molar-refractivity contribution < 1.29 is 142 Å². The van der Waals surface area contributed by atoms with Crippen molar-refractivity contribution >= 4 is 67.7 Å². The molecule has 1 N–H and O–H groups in total. The van der Waals surface area contributed by atoms with Crippen molar-refractivity contribution in [1.82, 2.24) is 41.5 Å². The van der Waals surface area contributed by atoms with Crippen molar-refractivity contribution in [2.45, 2.75) is 90.9 Å². The number of halogens is 2. The fraction of sp³-hybridized carbons (Fsp3) is 0.795. The lowest BCUT2D eigenvalue weighted by molar-refractivity contribution is -0.146. The Kier molecular flexibility index (Phi) is 70.7. The minimum absolute atomic E-state index is 0.00383. The Hall–Kier alpha value is -7.71. The molecule has 0 atom stereocenters. The van der Waals surface area contributed by atoms with Crippen LogP contribution in [-0.4, -0.2) is 369 Å². The molecule has 0 aliphatic carbocycles. The fourth-order valence-electron chi connectivity index (χ4n) is 9.38. The number of carbonyl (C=O) groups excluding carboxylic acids is 6. The molecule has 123 heavy (non-hydrogen) atoms. The zero-order valence-corrected chi connectivity index (χ0v) is 74.2. The van der Waals surface area contributed by atoms with E-state index in [1.54, 1.807) is 14.2 Å². The van der Waals surface area contributed by atoms with Crippen LogP contribution in [0.15, 0.2) is 43.2 Å². The minimum atomic E-state index is -1.27. The molecule has 0 fully saturated rings. The Bertz CT molecular complexity index is 3520. The summed E-state index contributed by atoms with van der Waals surface area (Å²) in [7, 11) is 9.26. The smallest absolute Gasteiger partial charge is 0.336 e. The van der Waals surface area contributed by atoms with Gasteiger partial charge in [0.25, 0.3) is 0 Å². The molecule has 0 aromatic carbocycles. The number of carbonyl (C=O) groups is 6. The third-order valence-corrected chi connectivity index (χ3v) is 17.4. The van der Waals surface area contributed by atoms with Gasteiger partial charge in [-0.3, -0.25) is 33.8 Å². The van der Waals surface area contributed by atoms with Crippen molar-refractivity contribution in [1.29, 1.82) is 0 Å². The number of alkyl halides is 2. The van der Waals surface area contributed by atoms with Crippen molar-refractivity contribution in [3.05, 3.63) is 94.4 Å². The summed E-state index contributed by atoms with van der Waals surface area (Å²) in [6.07, 6.45) is -2.80. The molecule has 0 saturated carbocycles. The summed E-state index contributed by atoms with van der Waals surface area (Å²) in [5.41, 5.74) is -10.4. The number of esters is 6. The van der Waals surface area contributed by atoms with Gasteiger partial charge in [-0.15, -0.1) is 0 Å². The zero-order chi connectivity index (χ0) is 90.7. The molecule has 0 radical (unpaired) electrons. The zero-order valence-electron chi connectivity index (χ0n) is 71.0. The Morgan fingerprint density at radius 1 is 0.203 bits per heavy atom. The van der Waals surface area contributed by atoms with E-state index in [2.05, 4.69) is 31.9 Å². The number of methoxy groups -OCH3 is 6. The monoisotopic (exact) mass is 1910 g/mol. The lowest BCUT2D eigenvalue weighted by atomic mass is 10.4. The molecule has 50 heteroatoms. The maximum Gasteiger partial charge on any atom is 0.336 e. The van der Waals surface area contributed by atoms with E-state index >= 15 is 0 Å². The van der Waals surface area contributed by atoms with E-state index in [0.29, 0.717) is 142 Å². The maximum atomic E-state index is 14.0. The van der Waals surface area contributed by atoms with Gasteiger partial charge in [-0.25, -0.2) is 79.7 Å². The summed E-state index contributed by atoms with van der Waals surface area (Å²) >= 11 is 6.40. The van der Waals surface area contributed by atoms with Crippen LogP contribution in [0.4, 0.5) is 0 Å². The van der Waals surface area contributed by atoms with Gasteiger partial charge >= 0.3 is 87.0 Å². The Balaban J connectivity index is 0.00000146. The van der Waals surface area contributed by atoms with Crippen molar-refractivity contribution in [3.63, 3.8) is 0 Å². The molecule has 3 rings (SSSR count). The van der Waals surface area contributed by atoms with Crippen LogP contribution in [0.5, 0.6) is 0 Å². The lowest BCUT2D eigenvalue weighted by Crippen LogP contribution is -2.57. The molecule has 0 bridgehead atoms. The highest BCUT2D eigenvalue weighted by molar-refractivity contribution is 9.11. The summed E-state index contributed by atoms with van der Waals surface area (Å²) in [5, 5.41) is 2.10. The van der Waals surface area contributed by atoms with E-state index in [1.807, 2.05) is 4.98 Å². The fourth-order valence-corrected chi connectivity index (χ4v) is 9.38. The van der Waals surface area contributed by atoms with Crippen LogP contribution in [-0.2, 0) is 195 Å². The second-order valence-electron chi connectivity index (χ2n) is 24.4. The number of H-pyrrole nitrogens is 1. The first kappa shape index (κ1) is 113. The Labute approximate surface area is 724 Å². The first-order valence-electron chi connectivity index (χ1n) is 39.4. The standard InChI is InChI=1S/C48H80N6O26.C23H39N3O13.C2H4Br2/c1-65-15-19-69-23-27-73-31-35-77-39(55)5-9-49-43(59)50(10-6-40(56)78-36-32-74-28-24-70-20-16-66-2)46(62)53(45(49)61)13-14-54-47(63)51(11-7-41(57)79-37-33-75-29-25-71-21-17-67-3)44(60)52(48(54)64)12-8-42(58)80-38-34-76-30-26-72-22-18-68-4;1-32-7-9-34-11-13-36-15-17-38-19(27)3-5-25-21(29)24-22(30)26(23(25)31)6-4-20(28)39-18-16-37-14-12-35-10-8-33-2;3-1-2-4/h5-38H2,1-4H3;3-18H2,1-2H3,(H,24,29,30);1-2H2. The molecule has 0 aliphatic heterocycles. The van der Waals surface area contributed by atoms with Crippen LogP contribution >= 0.6 is 31.9 Å². The maximum absolute atomic E-state index is 14.0. The average Bonchev–Trinajstić information content (AvgIpc) is 0.775. The van der Waals surface area contributed by atoms with Crippen LogP contribution in [0, 0.1) is 0 Å². The molecule has 0 aliphatic rings. The molecule has 0 saturated heterocycles. The van der Waals surface area contributed by atoms with Gasteiger partial charge in [0, 0.05) is 92.6 Å². The van der Waals surface area contributed by atoms with Gasteiger partial charge in [-0.2, -0.15) is 0 Å². The molecule has 3 aromatic heterocycles. The normalized spacial score (nSPS) is 11.1. The molecule has 0 unspecified atom stereocenters. The van der Waals surface area contributed by atoms with E-state index in [-0.39, 0.29) is 158 Å². The second-order valence-corrected chi connectivity index (χ2v) is 26.0. The summed E-state index contributed by atoms with van der Waals surface area (Å²) in [4.78, 5) is 197. The van der Waals surface area contributed by atoms with Crippen LogP contribution < -0.4 is 51.2 Å². The average molecular weight is 1910 g/mol. The topological polar surface area (TPSA) is 533 Å². The summed E-state index contributed by atoms with van der Waals surface area (Å²) in [6.45, 7) is 2.85. The molecule has 0 amide bonds. The van der Waals surface area contributed by atoms with Gasteiger partial charge < -0.3 is 114 Å². The van der Waals surface area contributed by atoms with E-state index in [4.69, 9.17) is 114 Å². The van der Waals surface area contributed by atoms with Gasteiger partial charge in [0.15, 0.2) is 0 Å². The number of ether oxygens (including phenoxy) is 24. The number of aromatic amines is 1. The van der Waals surface area contributed by atoms with Crippen molar-refractivity contribution in [3.8, 4) is 0 Å². The van der Waals surface area contributed by atoms with Crippen LogP contribution in [0.1, 0.15) is 38.5 Å². The van der Waals surface area contributed by atoms with Gasteiger partial charge in [0.05, 0.1) is 250 Å².